The third-order valence-electron chi connectivity index (χ3n) is 4.07. The molecule has 0 radical (unpaired) electrons. The predicted octanol–water partition coefficient (Wildman–Crippen LogP) is 4.21. The number of carbonyl (C=O) groups excluding carboxylic acids is 1. The van der Waals surface area contributed by atoms with Gasteiger partial charge < -0.3 is 14.8 Å². The van der Waals surface area contributed by atoms with E-state index < -0.39 is 0 Å². The van der Waals surface area contributed by atoms with Crippen molar-refractivity contribution in [3.05, 3.63) is 65.9 Å². The quantitative estimate of drug-likeness (QED) is 0.702. The number of aromatic nitrogens is 1. The molecule has 0 bridgehead atoms. The second kappa shape index (κ2) is 7.70. The lowest BCUT2D eigenvalue weighted by Crippen LogP contribution is -2.09. The minimum absolute atomic E-state index is 0.228. The van der Waals surface area contributed by atoms with E-state index in [1.54, 1.807) is 32.6 Å². The summed E-state index contributed by atoms with van der Waals surface area (Å²) < 4.78 is 10.6. The van der Waals surface area contributed by atoms with Crippen LogP contribution in [0.1, 0.15) is 11.1 Å². The van der Waals surface area contributed by atoms with Crippen molar-refractivity contribution in [1.82, 2.24) is 4.98 Å². The van der Waals surface area contributed by atoms with Crippen LogP contribution in [-0.2, 0) is 4.79 Å². The lowest BCUT2D eigenvalue weighted by Gasteiger charge is -2.12. The normalized spacial score (nSPS) is 10.9. The number of nitrogens with one attached hydrogen (secondary N) is 1. The third-order valence-corrected chi connectivity index (χ3v) is 4.07. The van der Waals surface area contributed by atoms with Gasteiger partial charge in [0.1, 0.15) is 0 Å². The Kier molecular flexibility index (Phi) is 5.17. The molecule has 1 amide bonds. The van der Waals surface area contributed by atoms with Crippen LogP contribution in [0.3, 0.4) is 0 Å². The number of hydrogen-bond donors (Lipinski definition) is 1. The number of pyridine rings is 1. The molecule has 0 atom stereocenters. The summed E-state index contributed by atoms with van der Waals surface area (Å²) in [6.07, 6.45) is 5.01. The van der Waals surface area contributed by atoms with E-state index in [1.807, 2.05) is 43.3 Å². The Labute approximate surface area is 152 Å². The molecule has 0 aliphatic carbocycles. The van der Waals surface area contributed by atoms with E-state index in [-0.39, 0.29) is 5.91 Å². The second-order valence-electron chi connectivity index (χ2n) is 5.77. The van der Waals surface area contributed by atoms with Crippen molar-refractivity contribution in [3.8, 4) is 11.5 Å². The van der Waals surface area contributed by atoms with Gasteiger partial charge in [-0.3, -0.25) is 9.78 Å². The van der Waals surface area contributed by atoms with E-state index in [0.29, 0.717) is 17.2 Å². The van der Waals surface area contributed by atoms with E-state index in [4.69, 9.17) is 9.47 Å². The largest absolute Gasteiger partial charge is 0.493 e. The summed E-state index contributed by atoms with van der Waals surface area (Å²) in [4.78, 5) is 16.7. The van der Waals surface area contributed by atoms with Gasteiger partial charge in [0.25, 0.3) is 0 Å². The number of rotatable bonds is 5. The molecule has 0 aliphatic heterocycles. The highest BCUT2D eigenvalue weighted by atomic mass is 16.5. The average Bonchev–Trinajstić information content (AvgIpc) is 2.67. The molecule has 5 heteroatoms. The first-order valence-electron chi connectivity index (χ1n) is 8.18. The van der Waals surface area contributed by atoms with Crippen molar-refractivity contribution >= 4 is 28.6 Å². The maximum Gasteiger partial charge on any atom is 0.248 e. The fraction of sp³-hybridized carbons (Fsp3) is 0.143. The smallest absolute Gasteiger partial charge is 0.248 e. The van der Waals surface area contributed by atoms with Crippen LogP contribution in [0.2, 0.25) is 0 Å². The van der Waals surface area contributed by atoms with E-state index >= 15 is 0 Å². The molecule has 3 rings (SSSR count). The van der Waals surface area contributed by atoms with E-state index in [1.165, 1.54) is 6.08 Å². The van der Waals surface area contributed by atoms with Gasteiger partial charge in [0, 0.05) is 35.0 Å². The van der Waals surface area contributed by atoms with Crippen molar-refractivity contribution in [2.45, 2.75) is 6.92 Å². The molecule has 0 fully saturated rings. The number of benzene rings is 2. The van der Waals surface area contributed by atoms with Gasteiger partial charge in [-0.2, -0.15) is 0 Å². The van der Waals surface area contributed by atoms with Crippen LogP contribution >= 0.6 is 0 Å². The summed E-state index contributed by atoms with van der Waals surface area (Å²) in [7, 11) is 3.14. The first-order chi connectivity index (χ1) is 12.6. The molecule has 0 spiro atoms. The maximum atomic E-state index is 12.3. The maximum absolute atomic E-state index is 12.3. The molecule has 2 aromatic carbocycles. The minimum Gasteiger partial charge on any atom is -0.493 e. The van der Waals surface area contributed by atoms with Gasteiger partial charge in [-0.15, -0.1) is 0 Å². The van der Waals surface area contributed by atoms with Gasteiger partial charge >= 0.3 is 0 Å². The molecular weight excluding hydrogens is 328 g/mol. The number of anilines is 1. The highest BCUT2D eigenvalue weighted by Crippen LogP contribution is 2.32. The summed E-state index contributed by atoms with van der Waals surface area (Å²) in [5.74, 6) is 0.962. The van der Waals surface area contributed by atoms with Crippen LogP contribution in [0.25, 0.3) is 17.0 Å². The highest BCUT2D eigenvalue weighted by molar-refractivity contribution is 6.03. The van der Waals surface area contributed by atoms with Crippen molar-refractivity contribution in [1.29, 1.82) is 0 Å². The molecule has 1 N–H and O–H groups in total. The number of carbonyl (C=O) groups is 1. The monoisotopic (exact) mass is 348 g/mol. The van der Waals surface area contributed by atoms with Crippen molar-refractivity contribution in [3.63, 3.8) is 0 Å². The number of amides is 1. The number of para-hydroxylation sites is 1. The average molecular weight is 348 g/mol. The van der Waals surface area contributed by atoms with Gasteiger partial charge in [-0.05, 0) is 30.7 Å². The zero-order valence-electron chi connectivity index (χ0n) is 14.9. The van der Waals surface area contributed by atoms with Crippen LogP contribution in [-0.4, -0.2) is 25.1 Å². The standard InChI is InChI=1S/C21H20N2O3/c1-14-12-18(25-2)19(26-3)13-17(14)23-20(24)10-9-16-7-4-6-15-8-5-11-22-21(15)16/h4-13H,1-3H3,(H,23,24)/b10-9+. The van der Waals surface area contributed by atoms with E-state index in [0.717, 1.165) is 22.0 Å². The van der Waals surface area contributed by atoms with Crippen molar-refractivity contribution in [2.24, 2.45) is 0 Å². The molecule has 1 aromatic heterocycles. The SMILES string of the molecule is COc1cc(C)c(NC(=O)/C=C/c2cccc3cccnc23)cc1OC. The van der Waals surface area contributed by atoms with Gasteiger partial charge in [0.15, 0.2) is 11.5 Å². The van der Waals surface area contributed by atoms with Gasteiger partial charge in [0.2, 0.25) is 5.91 Å². The Morgan fingerprint density at radius 2 is 1.81 bits per heavy atom. The molecular formula is C21H20N2O3. The van der Waals surface area contributed by atoms with Crippen LogP contribution in [0, 0.1) is 6.92 Å². The Balaban J connectivity index is 1.81. The number of aryl methyl sites for hydroxylation is 1. The minimum atomic E-state index is -0.228. The van der Waals surface area contributed by atoms with E-state index in [2.05, 4.69) is 10.3 Å². The number of ether oxygens (including phenoxy) is 2. The Hall–Kier alpha value is -3.34. The lowest BCUT2D eigenvalue weighted by atomic mass is 10.1. The number of nitrogens with zero attached hydrogens (tertiary/aromatic N) is 1. The topological polar surface area (TPSA) is 60.5 Å². The van der Waals surface area contributed by atoms with Crippen LogP contribution in [0.5, 0.6) is 11.5 Å². The second-order valence-corrected chi connectivity index (χ2v) is 5.77. The Morgan fingerprint density at radius 3 is 2.58 bits per heavy atom. The van der Waals surface area contributed by atoms with Gasteiger partial charge in [-0.25, -0.2) is 0 Å². The first kappa shape index (κ1) is 17.5. The molecule has 0 unspecified atom stereocenters. The Morgan fingerprint density at radius 1 is 1.08 bits per heavy atom. The summed E-state index contributed by atoms with van der Waals surface area (Å²) in [6, 6.07) is 13.3. The predicted molar refractivity (Wildman–Crippen MR) is 104 cm³/mol. The molecule has 3 aromatic rings. The van der Waals surface area contributed by atoms with Crippen LogP contribution in [0.15, 0.2) is 54.7 Å². The molecule has 5 nitrogen and oxygen atoms in total. The lowest BCUT2D eigenvalue weighted by molar-refractivity contribution is -0.111. The summed E-state index contributed by atoms with van der Waals surface area (Å²) in [5, 5.41) is 3.91. The molecule has 1 heterocycles. The number of hydrogen-bond acceptors (Lipinski definition) is 4. The zero-order valence-corrected chi connectivity index (χ0v) is 14.9. The van der Waals surface area contributed by atoms with E-state index in [9.17, 15) is 4.79 Å². The third kappa shape index (κ3) is 3.67. The van der Waals surface area contributed by atoms with Crippen LogP contribution in [0.4, 0.5) is 5.69 Å². The first-order valence-corrected chi connectivity index (χ1v) is 8.18. The molecule has 132 valence electrons. The summed E-state index contributed by atoms with van der Waals surface area (Å²) in [5.41, 5.74) is 3.31. The summed E-state index contributed by atoms with van der Waals surface area (Å²) >= 11 is 0. The molecule has 0 saturated heterocycles. The zero-order chi connectivity index (χ0) is 18.5. The van der Waals surface area contributed by atoms with Gasteiger partial charge in [-0.1, -0.05) is 24.3 Å². The molecule has 0 saturated carbocycles. The van der Waals surface area contributed by atoms with Gasteiger partial charge in [0.05, 0.1) is 19.7 Å². The fourth-order valence-electron chi connectivity index (χ4n) is 2.72. The van der Waals surface area contributed by atoms with Crippen molar-refractivity contribution < 1.29 is 14.3 Å². The number of methoxy groups -OCH3 is 2. The van der Waals surface area contributed by atoms with Crippen LogP contribution < -0.4 is 14.8 Å². The Bertz CT molecular complexity index is 975. The molecule has 26 heavy (non-hydrogen) atoms. The highest BCUT2D eigenvalue weighted by Gasteiger charge is 2.10. The molecule has 0 aliphatic rings. The number of fused-ring (bicyclic) bond motifs is 1. The summed E-state index contributed by atoms with van der Waals surface area (Å²) in [6.45, 7) is 1.90. The van der Waals surface area contributed by atoms with Crippen molar-refractivity contribution in [2.75, 3.05) is 19.5 Å². The fourth-order valence-corrected chi connectivity index (χ4v) is 2.72.